The number of rotatable bonds is 2. The number of hydrogen-bond donors (Lipinski definition) is 2. The topological polar surface area (TPSA) is 78.9 Å². The molecule has 1 atom stereocenters. The second-order valence-electron chi connectivity index (χ2n) is 5.08. The monoisotopic (exact) mass is 279 g/mol. The number of nitrogens with two attached hydrogens (primary N) is 1. The van der Waals surface area contributed by atoms with Crippen LogP contribution in [0.5, 0.6) is 0 Å². The number of oxime groups is 1. The summed E-state index contributed by atoms with van der Waals surface area (Å²) in [7, 11) is 0. The third-order valence-corrected chi connectivity index (χ3v) is 3.65. The van der Waals surface area contributed by atoms with Crippen LogP contribution >= 0.6 is 0 Å². The molecule has 5 nitrogen and oxygen atoms in total. The number of halogens is 1. The van der Waals surface area contributed by atoms with Crippen molar-refractivity contribution in [3.05, 3.63) is 35.1 Å². The number of amides is 1. The number of carbonyl (C=O) groups is 1. The van der Waals surface area contributed by atoms with Crippen molar-refractivity contribution >= 4 is 11.7 Å². The number of carbonyl (C=O) groups excluding carboxylic acids is 1. The molecule has 20 heavy (non-hydrogen) atoms. The highest BCUT2D eigenvalue weighted by molar-refractivity contribution is 5.95. The SMILES string of the molecule is Cc1cc(C(=O)N2CCCC(C(N)=NO)C2)ccc1F. The molecule has 1 aromatic rings. The maximum atomic E-state index is 13.2. The van der Waals surface area contributed by atoms with Gasteiger partial charge in [-0.2, -0.15) is 0 Å². The third-order valence-electron chi connectivity index (χ3n) is 3.65. The zero-order chi connectivity index (χ0) is 14.7. The first-order valence-corrected chi connectivity index (χ1v) is 6.55. The van der Waals surface area contributed by atoms with Crippen LogP contribution in [-0.2, 0) is 0 Å². The van der Waals surface area contributed by atoms with Gasteiger partial charge < -0.3 is 15.8 Å². The number of piperidine rings is 1. The normalized spacial score (nSPS) is 20.0. The molecular formula is C14H18FN3O2. The molecule has 1 unspecified atom stereocenters. The highest BCUT2D eigenvalue weighted by atomic mass is 19.1. The Kier molecular flexibility index (Phi) is 4.22. The molecule has 1 aromatic carbocycles. The minimum atomic E-state index is -0.324. The number of aryl methyl sites for hydroxylation is 1. The summed E-state index contributed by atoms with van der Waals surface area (Å²) in [6.07, 6.45) is 1.59. The molecule has 2 rings (SSSR count). The Balaban J connectivity index is 2.14. The van der Waals surface area contributed by atoms with Crippen molar-refractivity contribution in [1.29, 1.82) is 0 Å². The molecule has 0 spiro atoms. The first-order chi connectivity index (χ1) is 9.52. The van der Waals surface area contributed by atoms with E-state index >= 15 is 0 Å². The molecule has 0 bridgehead atoms. The van der Waals surface area contributed by atoms with Gasteiger partial charge in [0.15, 0.2) is 0 Å². The van der Waals surface area contributed by atoms with E-state index in [1.165, 1.54) is 12.1 Å². The maximum Gasteiger partial charge on any atom is 0.253 e. The van der Waals surface area contributed by atoms with Crippen LogP contribution in [0, 0.1) is 18.7 Å². The van der Waals surface area contributed by atoms with Crippen molar-refractivity contribution < 1.29 is 14.4 Å². The minimum Gasteiger partial charge on any atom is -0.409 e. The number of nitrogens with zero attached hydrogens (tertiary/aromatic N) is 2. The number of amidine groups is 1. The molecule has 108 valence electrons. The zero-order valence-electron chi connectivity index (χ0n) is 11.3. The summed E-state index contributed by atoms with van der Waals surface area (Å²) in [5, 5.41) is 11.7. The minimum absolute atomic E-state index is 0.126. The van der Waals surface area contributed by atoms with E-state index in [4.69, 9.17) is 10.9 Å². The molecule has 0 aliphatic carbocycles. The quantitative estimate of drug-likeness (QED) is 0.374. The van der Waals surface area contributed by atoms with Crippen LogP contribution in [0.3, 0.4) is 0 Å². The fourth-order valence-corrected chi connectivity index (χ4v) is 2.44. The van der Waals surface area contributed by atoms with Crippen molar-refractivity contribution in [2.75, 3.05) is 13.1 Å². The number of hydrogen-bond acceptors (Lipinski definition) is 3. The second-order valence-corrected chi connectivity index (χ2v) is 5.08. The highest BCUT2D eigenvalue weighted by Gasteiger charge is 2.27. The van der Waals surface area contributed by atoms with Crippen molar-refractivity contribution in [2.45, 2.75) is 19.8 Å². The molecular weight excluding hydrogens is 261 g/mol. The molecule has 0 aromatic heterocycles. The molecule has 1 saturated heterocycles. The summed E-state index contributed by atoms with van der Waals surface area (Å²) in [5.41, 5.74) is 6.51. The summed E-state index contributed by atoms with van der Waals surface area (Å²) < 4.78 is 13.2. The van der Waals surface area contributed by atoms with E-state index in [1.54, 1.807) is 17.9 Å². The van der Waals surface area contributed by atoms with Crippen LogP contribution in [0.1, 0.15) is 28.8 Å². The van der Waals surface area contributed by atoms with Gasteiger partial charge >= 0.3 is 0 Å². The van der Waals surface area contributed by atoms with Gasteiger partial charge in [-0.25, -0.2) is 4.39 Å². The first-order valence-electron chi connectivity index (χ1n) is 6.55. The Bertz CT molecular complexity index is 545. The van der Waals surface area contributed by atoms with E-state index in [2.05, 4.69) is 5.16 Å². The van der Waals surface area contributed by atoms with Gasteiger partial charge in [0.25, 0.3) is 5.91 Å². The summed E-state index contributed by atoms with van der Waals surface area (Å²) in [5.74, 6) is -0.449. The molecule has 3 N–H and O–H groups in total. The Morgan fingerprint density at radius 2 is 2.30 bits per heavy atom. The summed E-state index contributed by atoms with van der Waals surface area (Å²) in [6.45, 7) is 2.68. The smallest absolute Gasteiger partial charge is 0.253 e. The fraction of sp³-hybridized carbons (Fsp3) is 0.429. The van der Waals surface area contributed by atoms with Crippen molar-refractivity contribution in [2.24, 2.45) is 16.8 Å². The Hall–Kier alpha value is -2.11. The lowest BCUT2D eigenvalue weighted by molar-refractivity contribution is 0.0701. The van der Waals surface area contributed by atoms with Gasteiger partial charge in [0.2, 0.25) is 0 Å². The molecule has 1 aliphatic rings. The van der Waals surface area contributed by atoms with E-state index in [0.29, 0.717) is 24.2 Å². The standard InChI is InChI=1S/C14H18FN3O2/c1-9-7-10(4-5-12(9)15)14(19)18-6-2-3-11(8-18)13(16)17-20/h4-5,7,11,20H,2-3,6,8H2,1H3,(H2,16,17). The van der Waals surface area contributed by atoms with E-state index in [1.807, 2.05) is 0 Å². The lowest BCUT2D eigenvalue weighted by Gasteiger charge is -2.32. The Morgan fingerprint density at radius 1 is 1.55 bits per heavy atom. The highest BCUT2D eigenvalue weighted by Crippen LogP contribution is 2.19. The second kappa shape index (κ2) is 5.90. The number of benzene rings is 1. The summed E-state index contributed by atoms with van der Waals surface area (Å²) in [6, 6.07) is 4.33. The number of likely N-dealkylation sites (tertiary alicyclic amines) is 1. The van der Waals surface area contributed by atoms with Crippen molar-refractivity contribution in [1.82, 2.24) is 4.90 Å². The fourth-order valence-electron chi connectivity index (χ4n) is 2.44. The van der Waals surface area contributed by atoms with Crippen LogP contribution in [0.15, 0.2) is 23.4 Å². The average molecular weight is 279 g/mol. The van der Waals surface area contributed by atoms with Crippen molar-refractivity contribution in [3.63, 3.8) is 0 Å². The van der Waals surface area contributed by atoms with Gasteiger partial charge in [-0.05, 0) is 43.5 Å². The van der Waals surface area contributed by atoms with Gasteiger partial charge in [-0.3, -0.25) is 4.79 Å². The third kappa shape index (κ3) is 2.89. The van der Waals surface area contributed by atoms with Gasteiger partial charge in [-0.15, -0.1) is 0 Å². The first kappa shape index (κ1) is 14.3. The average Bonchev–Trinajstić information content (AvgIpc) is 2.48. The summed E-state index contributed by atoms with van der Waals surface area (Å²) >= 11 is 0. The molecule has 0 saturated carbocycles. The van der Waals surface area contributed by atoms with Crippen LogP contribution in [0.25, 0.3) is 0 Å². The van der Waals surface area contributed by atoms with Gasteiger partial charge in [-0.1, -0.05) is 5.16 Å². The molecule has 1 amide bonds. The molecule has 1 fully saturated rings. The molecule has 6 heteroatoms. The van der Waals surface area contributed by atoms with E-state index in [0.717, 1.165) is 12.8 Å². The van der Waals surface area contributed by atoms with Crippen molar-refractivity contribution in [3.8, 4) is 0 Å². The van der Waals surface area contributed by atoms with Crippen LogP contribution in [0.4, 0.5) is 4.39 Å². The lowest BCUT2D eigenvalue weighted by atomic mass is 9.96. The molecule has 1 aliphatic heterocycles. The lowest BCUT2D eigenvalue weighted by Crippen LogP contribution is -2.44. The van der Waals surface area contributed by atoms with E-state index in [-0.39, 0.29) is 23.5 Å². The predicted molar refractivity (Wildman–Crippen MR) is 73.2 cm³/mol. The Morgan fingerprint density at radius 3 is 2.95 bits per heavy atom. The summed E-state index contributed by atoms with van der Waals surface area (Å²) in [4.78, 5) is 14.0. The predicted octanol–water partition coefficient (Wildman–Crippen LogP) is 1.73. The van der Waals surface area contributed by atoms with E-state index < -0.39 is 0 Å². The van der Waals surface area contributed by atoms with E-state index in [9.17, 15) is 9.18 Å². The van der Waals surface area contributed by atoms with Gasteiger partial charge in [0.05, 0.1) is 0 Å². The van der Waals surface area contributed by atoms with Crippen LogP contribution in [0.2, 0.25) is 0 Å². The van der Waals surface area contributed by atoms with Gasteiger partial charge in [0.1, 0.15) is 11.7 Å². The van der Waals surface area contributed by atoms with Crippen LogP contribution < -0.4 is 5.73 Å². The Labute approximate surface area is 116 Å². The van der Waals surface area contributed by atoms with Gasteiger partial charge in [0, 0.05) is 24.6 Å². The molecule has 0 radical (unpaired) electrons. The maximum absolute atomic E-state index is 13.2. The van der Waals surface area contributed by atoms with Crippen LogP contribution in [-0.4, -0.2) is 34.9 Å². The molecule has 1 heterocycles. The largest absolute Gasteiger partial charge is 0.409 e. The zero-order valence-corrected chi connectivity index (χ0v) is 11.3.